The van der Waals surface area contributed by atoms with Gasteiger partial charge in [-0.25, -0.2) is 4.79 Å². The predicted molar refractivity (Wildman–Crippen MR) is 75.7 cm³/mol. The van der Waals surface area contributed by atoms with Crippen molar-refractivity contribution in [3.05, 3.63) is 0 Å². The van der Waals surface area contributed by atoms with E-state index in [2.05, 4.69) is 0 Å². The number of hydrogen-bond acceptors (Lipinski definition) is 3. The molecule has 116 valence electrons. The Labute approximate surface area is 120 Å². The van der Waals surface area contributed by atoms with Gasteiger partial charge in [-0.1, -0.05) is 0 Å². The van der Waals surface area contributed by atoms with Gasteiger partial charge in [0, 0.05) is 31.8 Å². The Balaban J connectivity index is 2.78. The highest BCUT2D eigenvalue weighted by Gasteiger charge is 2.31. The molecule has 1 unspecified atom stereocenters. The third-order valence-corrected chi connectivity index (χ3v) is 3.31. The van der Waals surface area contributed by atoms with Crippen LogP contribution in [-0.2, 0) is 9.53 Å². The molecule has 1 aliphatic heterocycles. The summed E-state index contributed by atoms with van der Waals surface area (Å²) in [5.74, 6) is -0.889. The number of rotatable bonds is 3. The average Bonchev–Trinajstić information content (AvgIpc) is 2.51. The lowest BCUT2D eigenvalue weighted by Crippen LogP contribution is -2.53. The fourth-order valence-electron chi connectivity index (χ4n) is 2.26. The third kappa shape index (κ3) is 5.00. The van der Waals surface area contributed by atoms with Crippen molar-refractivity contribution in [1.29, 1.82) is 0 Å². The van der Waals surface area contributed by atoms with E-state index in [9.17, 15) is 9.59 Å². The standard InChI is InChI=1S/C14H26N2O4/c1-11-10-15(7-5-9-20-11)13(19)16(14(2,3)4)8-6-12(17)18/h11H,5-10H2,1-4H3,(H,17,18). The van der Waals surface area contributed by atoms with Crippen LogP contribution in [0.5, 0.6) is 0 Å². The summed E-state index contributed by atoms with van der Waals surface area (Å²) < 4.78 is 5.54. The molecule has 20 heavy (non-hydrogen) atoms. The molecule has 1 saturated heterocycles. The summed E-state index contributed by atoms with van der Waals surface area (Å²) in [5, 5.41) is 8.84. The number of aliphatic carboxylic acids is 1. The van der Waals surface area contributed by atoms with Gasteiger partial charge in [0.2, 0.25) is 0 Å². The lowest BCUT2D eigenvalue weighted by atomic mass is 10.1. The summed E-state index contributed by atoms with van der Waals surface area (Å²) in [7, 11) is 0. The van der Waals surface area contributed by atoms with Crippen molar-refractivity contribution in [2.45, 2.75) is 52.2 Å². The highest BCUT2D eigenvalue weighted by atomic mass is 16.5. The molecular weight excluding hydrogens is 260 g/mol. The Morgan fingerprint density at radius 2 is 2.05 bits per heavy atom. The molecule has 0 saturated carbocycles. The molecule has 0 aliphatic carbocycles. The summed E-state index contributed by atoms with van der Waals surface area (Å²) in [6.45, 7) is 9.81. The average molecular weight is 286 g/mol. The van der Waals surface area contributed by atoms with Crippen molar-refractivity contribution < 1.29 is 19.4 Å². The number of nitrogens with zero attached hydrogens (tertiary/aromatic N) is 2. The van der Waals surface area contributed by atoms with Gasteiger partial charge in [0.25, 0.3) is 0 Å². The number of carboxylic acids is 1. The van der Waals surface area contributed by atoms with E-state index in [0.717, 1.165) is 6.42 Å². The maximum Gasteiger partial charge on any atom is 0.320 e. The summed E-state index contributed by atoms with van der Waals surface area (Å²) >= 11 is 0. The Bertz CT molecular complexity index is 352. The van der Waals surface area contributed by atoms with Gasteiger partial charge < -0.3 is 19.6 Å². The van der Waals surface area contributed by atoms with Crippen LogP contribution in [0.2, 0.25) is 0 Å². The van der Waals surface area contributed by atoms with Crippen molar-refractivity contribution in [2.75, 3.05) is 26.2 Å². The molecule has 0 aromatic rings. The number of amides is 2. The zero-order valence-corrected chi connectivity index (χ0v) is 12.9. The summed E-state index contributed by atoms with van der Waals surface area (Å²) in [6.07, 6.45) is 0.790. The molecule has 1 heterocycles. The second kappa shape index (κ2) is 6.92. The zero-order chi connectivity index (χ0) is 15.3. The monoisotopic (exact) mass is 286 g/mol. The Morgan fingerprint density at radius 1 is 1.40 bits per heavy atom. The fourth-order valence-corrected chi connectivity index (χ4v) is 2.26. The molecule has 0 aromatic heterocycles. The number of carbonyl (C=O) groups is 2. The Morgan fingerprint density at radius 3 is 2.60 bits per heavy atom. The predicted octanol–water partition coefficient (Wildman–Crippen LogP) is 1.79. The molecule has 0 radical (unpaired) electrons. The minimum absolute atomic E-state index is 0.0164. The highest BCUT2D eigenvalue weighted by molar-refractivity contribution is 5.76. The first kappa shape index (κ1) is 16.8. The Hall–Kier alpha value is -1.30. The van der Waals surface area contributed by atoms with Gasteiger partial charge in [0.05, 0.1) is 12.5 Å². The molecule has 6 heteroatoms. The second-order valence-corrected chi connectivity index (χ2v) is 6.23. The van der Waals surface area contributed by atoms with E-state index in [1.54, 1.807) is 9.80 Å². The molecule has 0 aromatic carbocycles. The SMILES string of the molecule is CC1CN(C(=O)N(CCC(=O)O)C(C)(C)C)CCCO1. The minimum Gasteiger partial charge on any atom is -0.481 e. The number of hydrogen-bond donors (Lipinski definition) is 1. The van der Waals surface area contributed by atoms with Crippen LogP contribution in [0.15, 0.2) is 0 Å². The smallest absolute Gasteiger partial charge is 0.320 e. The van der Waals surface area contributed by atoms with Crippen molar-refractivity contribution >= 4 is 12.0 Å². The molecule has 2 amide bonds. The van der Waals surface area contributed by atoms with E-state index < -0.39 is 11.5 Å². The van der Waals surface area contributed by atoms with E-state index in [1.165, 1.54) is 0 Å². The van der Waals surface area contributed by atoms with Crippen molar-refractivity contribution in [1.82, 2.24) is 9.80 Å². The molecule has 1 N–H and O–H groups in total. The summed E-state index contributed by atoms with van der Waals surface area (Å²) in [5.41, 5.74) is -0.400. The fraction of sp³-hybridized carbons (Fsp3) is 0.857. The second-order valence-electron chi connectivity index (χ2n) is 6.23. The molecular formula is C14H26N2O4. The number of ether oxygens (including phenoxy) is 1. The Kier molecular flexibility index (Phi) is 5.80. The van der Waals surface area contributed by atoms with Gasteiger partial charge in [0.1, 0.15) is 0 Å². The largest absolute Gasteiger partial charge is 0.481 e. The van der Waals surface area contributed by atoms with Gasteiger partial charge in [-0.15, -0.1) is 0 Å². The maximum absolute atomic E-state index is 12.7. The molecule has 0 bridgehead atoms. The van der Waals surface area contributed by atoms with E-state index in [-0.39, 0.29) is 25.1 Å². The molecule has 0 spiro atoms. The molecule has 1 fully saturated rings. The normalized spacial score (nSPS) is 20.4. The topological polar surface area (TPSA) is 70.1 Å². The van der Waals surface area contributed by atoms with E-state index in [0.29, 0.717) is 19.7 Å². The summed E-state index contributed by atoms with van der Waals surface area (Å²) in [6, 6.07) is -0.101. The van der Waals surface area contributed by atoms with Crippen LogP contribution in [0.3, 0.4) is 0 Å². The van der Waals surface area contributed by atoms with Gasteiger partial charge in [-0.3, -0.25) is 4.79 Å². The molecule has 1 atom stereocenters. The zero-order valence-electron chi connectivity index (χ0n) is 12.9. The number of urea groups is 1. The lowest BCUT2D eigenvalue weighted by Gasteiger charge is -2.39. The van der Waals surface area contributed by atoms with Crippen molar-refractivity contribution in [2.24, 2.45) is 0 Å². The molecule has 1 rings (SSSR count). The first-order valence-electron chi connectivity index (χ1n) is 7.11. The van der Waals surface area contributed by atoms with Gasteiger partial charge in [-0.05, 0) is 34.1 Å². The first-order valence-corrected chi connectivity index (χ1v) is 7.11. The third-order valence-electron chi connectivity index (χ3n) is 3.31. The van der Waals surface area contributed by atoms with Crippen LogP contribution in [0.1, 0.15) is 40.5 Å². The van der Waals surface area contributed by atoms with E-state index in [1.807, 2.05) is 27.7 Å². The maximum atomic E-state index is 12.7. The van der Waals surface area contributed by atoms with Crippen LogP contribution in [-0.4, -0.2) is 64.8 Å². The van der Waals surface area contributed by atoms with Gasteiger partial charge in [0.15, 0.2) is 0 Å². The van der Waals surface area contributed by atoms with E-state index in [4.69, 9.17) is 9.84 Å². The lowest BCUT2D eigenvalue weighted by molar-refractivity contribution is -0.137. The number of carbonyl (C=O) groups excluding carboxylic acids is 1. The van der Waals surface area contributed by atoms with Crippen LogP contribution >= 0.6 is 0 Å². The summed E-state index contributed by atoms with van der Waals surface area (Å²) in [4.78, 5) is 26.8. The van der Waals surface area contributed by atoms with Gasteiger partial charge in [-0.2, -0.15) is 0 Å². The van der Waals surface area contributed by atoms with Crippen LogP contribution in [0.25, 0.3) is 0 Å². The molecule has 6 nitrogen and oxygen atoms in total. The van der Waals surface area contributed by atoms with Crippen LogP contribution < -0.4 is 0 Å². The minimum atomic E-state index is -0.889. The van der Waals surface area contributed by atoms with E-state index >= 15 is 0 Å². The van der Waals surface area contributed by atoms with Crippen LogP contribution in [0.4, 0.5) is 4.79 Å². The number of carboxylic acid groups (broad SMARTS) is 1. The van der Waals surface area contributed by atoms with Crippen molar-refractivity contribution in [3.63, 3.8) is 0 Å². The highest BCUT2D eigenvalue weighted by Crippen LogP contribution is 2.18. The van der Waals surface area contributed by atoms with Crippen LogP contribution in [0, 0.1) is 0 Å². The quantitative estimate of drug-likeness (QED) is 0.858. The van der Waals surface area contributed by atoms with Crippen molar-refractivity contribution in [3.8, 4) is 0 Å². The van der Waals surface area contributed by atoms with Gasteiger partial charge >= 0.3 is 12.0 Å². The molecule has 1 aliphatic rings. The first-order chi connectivity index (χ1) is 9.21.